The zero-order valence-corrected chi connectivity index (χ0v) is 19.9. The maximum absolute atomic E-state index is 13.7. The number of ether oxygens (including phenoxy) is 1. The molecule has 7 nitrogen and oxygen atoms in total. The van der Waals surface area contributed by atoms with Crippen LogP contribution in [0, 0.1) is 5.82 Å². The third-order valence-electron chi connectivity index (χ3n) is 5.67. The van der Waals surface area contributed by atoms with Gasteiger partial charge in [0.1, 0.15) is 17.7 Å². The van der Waals surface area contributed by atoms with Crippen molar-refractivity contribution in [1.29, 1.82) is 0 Å². The molecule has 2 atom stereocenters. The summed E-state index contributed by atoms with van der Waals surface area (Å²) in [6, 6.07) is 13.5. The largest absolute Gasteiger partial charge is 0.458 e. The monoisotopic (exact) mass is 477 g/mol. The van der Waals surface area contributed by atoms with Gasteiger partial charge in [-0.05, 0) is 42.5 Å². The number of aliphatic hydroxyl groups excluding tert-OH is 1. The fourth-order valence-corrected chi connectivity index (χ4v) is 4.15. The van der Waals surface area contributed by atoms with E-state index in [2.05, 4.69) is 5.32 Å². The van der Waals surface area contributed by atoms with Crippen molar-refractivity contribution in [2.75, 3.05) is 5.32 Å². The fourth-order valence-electron chi connectivity index (χ4n) is 4.15. The molecule has 2 heterocycles. The lowest BCUT2D eigenvalue weighted by Gasteiger charge is -2.23. The first-order chi connectivity index (χ1) is 16.7. The number of hydrogen-bond acceptors (Lipinski definition) is 5. The molecule has 2 N–H and O–H groups in total. The van der Waals surface area contributed by atoms with Crippen LogP contribution in [0.2, 0.25) is 0 Å². The molecule has 1 aliphatic heterocycles. The van der Waals surface area contributed by atoms with Crippen LogP contribution in [0.5, 0.6) is 0 Å². The summed E-state index contributed by atoms with van der Waals surface area (Å²) in [5, 5.41) is 12.8. The number of nitrogens with zero attached hydrogens (tertiary/aromatic N) is 2. The number of aliphatic hydroxyl groups is 1. The summed E-state index contributed by atoms with van der Waals surface area (Å²) < 4.78 is 21.0. The van der Waals surface area contributed by atoms with E-state index in [0.29, 0.717) is 17.8 Å². The van der Waals surface area contributed by atoms with E-state index in [1.54, 1.807) is 30.5 Å². The van der Waals surface area contributed by atoms with Crippen LogP contribution < -0.4 is 5.32 Å². The molecule has 0 bridgehead atoms. The van der Waals surface area contributed by atoms with Crippen molar-refractivity contribution in [1.82, 2.24) is 9.55 Å². The maximum Gasteiger partial charge on any atom is 0.309 e. The molecule has 1 fully saturated rings. The number of nitrogens with one attached hydrogen (secondary N) is 1. The Morgan fingerprint density at radius 3 is 2.63 bits per heavy atom. The Morgan fingerprint density at radius 1 is 1.23 bits per heavy atom. The van der Waals surface area contributed by atoms with Crippen LogP contribution in [0.15, 0.2) is 54.6 Å². The molecule has 3 aromatic rings. The van der Waals surface area contributed by atoms with Crippen LogP contribution in [0.4, 0.5) is 10.1 Å². The molecule has 1 aromatic heterocycles. The lowest BCUT2D eigenvalue weighted by atomic mass is 10.0. The number of aromatic nitrogens is 2. The van der Waals surface area contributed by atoms with Crippen molar-refractivity contribution in [3.05, 3.63) is 66.2 Å². The Hall–Kier alpha value is -3.78. The maximum atomic E-state index is 13.7. The predicted octanol–water partition coefficient (Wildman–Crippen LogP) is 4.98. The number of halogens is 1. The molecule has 4 rings (SSSR count). The van der Waals surface area contributed by atoms with Gasteiger partial charge < -0.3 is 19.7 Å². The standard InChI is InChI=1S/C27H28FN3O4/c1-16(2)27-30-25(19-5-4-6-21(13-19)29-17(3)32)26(18-7-9-20(28)10-8-18)31(27)12-11-23-14-22(33)15-24(34)35-23/h4-13,16,22-23,33H,14-15H2,1-3H3,(H,29,32). The topological polar surface area (TPSA) is 93.5 Å². The van der Waals surface area contributed by atoms with E-state index in [1.165, 1.54) is 19.1 Å². The highest BCUT2D eigenvalue weighted by molar-refractivity contribution is 5.90. The van der Waals surface area contributed by atoms with Crippen molar-refractivity contribution in [3.8, 4) is 22.5 Å². The molecule has 1 aliphatic rings. The highest BCUT2D eigenvalue weighted by atomic mass is 19.1. The first kappa shape index (κ1) is 24.3. The number of carbonyl (C=O) groups excluding carboxylic acids is 2. The average Bonchev–Trinajstić information content (AvgIpc) is 3.17. The summed E-state index contributed by atoms with van der Waals surface area (Å²) in [6.45, 7) is 5.48. The van der Waals surface area contributed by atoms with Gasteiger partial charge in [0.15, 0.2) is 0 Å². The van der Waals surface area contributed by atoms with Gasteiger partial charge in [0.25, 0.3) is 0 Å². The number of carbonyl (C=O) groups is 2. The van der Waals surface area contributed by atoms with Crippen molar-refractivity contribution in [2.24, 2.45) is 0 Å². The molecule has 0 radical (unpaired) electrons. The van der Waals surface area contributed by atoms with Gasteiger partial charge >= 0.3 is 5.97 Å². The smallest absolute Gasteiger partial charge is 0.309 e. The van der Waals surface area contributed by atoms with Crippen LogP contribution in [0.25, 0.3) is 28.7 Å². The van der Waals surface area contributed by atoms with E-state index in [0.717, 1.165) is 22.6 Å². The normalized spacial score (nSPS) is 18.2. The number of benzene rings is 2. The van der Waals surface area contributed by atoms with Gasteiger partial charge in [0, 0.05) is 42.3 Å². The van der Waals surface area contributed by atoms with Gasteiger partial charge in [-0.25, -0.2) is 9.37 Å². The summed E-state index contributed by atoms with van der Waals surface area (Å²) in [7, 11) is 0. The van der Waals surface area contributed by atoms with E-state index in [1.807, 2.05) is 36.6 Å². The third kappa shape index (κ3) is 5.66. The second-order valence-corrected chi connectivity index (χ2v) is 8.92. The lowest BCUT2D eigenvalue weighted by molar-refractivity contribution is -0.156. The van der Waals surface area contributed by atoms with E-state index >= 15 is 0 Å². The third-order valence-corrected chi connectivity index (χ3v) is 5.67. The molecule has 2 aromatic carbocycles. The molecule has 35 heavy (non-hydrogen) atoms. The predicted molar refractivity (Wildman–Crippen MR) is 132 cm³/mol. The zero-order valence-electron chi connectivity index (χ0n) is 19.9. The summed E-state index contributed by atoms with van der Waals surface area (Å²) in [4.78, 5) is 28.3. The Balaban J connectivity index is 1.87. The van der Waals surface area contributed by atoms with E-state index in [-0.39, 0.29) is 24.1 Å². The van der Waals surface area contributed by atoms with Crippen LogP contribution in [0.3, 0.4) is 0 Å². The molecule has 8 heteroatoms. The molecule has 1 saturated heterocycles. The number of amides is 1. The van der Waals surface area contributed by atoms with Gasteiger partial charge in [-0.2, -0.15) is 0 Å². The number of hydrogen-bond donors (Lipinski definition) is 2. The number of esters is 1. The van der Waals surface area contributed by atoms with Crippen LogP contribution >= 0.6 is 0 Å². The van der Waals surface area contributed by atoms with Gasteiger partial charge in [0.2, 0.25) is 5.91 Å². The van der Waals surface area contributed by atoms with Crippen LogP contribution in [-0.2, 0) is 14.3 Å². The lowest BCUT2D eigenvalue weighted by Crippen LogP contribution is -2.31. The van der Waals surface area contributed by atoms with Gasteiger partial charge in [-0.15, -0.1) is 0 Å². The Kier molecular flexibility index (Phi) is 7.12. The average molecular weight is 478 g/mol. The second kappa shape index (κ2) is 10.2. The van der Waals surface area contributed by atoms with Crippen LogP contribution in [-0.4, -0.2) is 38.7 Å². The minimum atomic E-state index is -0.748. The number of imidazole rings is 1. The van der Waals surface area contributed by atoms with E-state index in [4.69, 9.17) is 9.72 Å². The van der Waals surface area contributed by atoms with Crippen molar-refractivity contribution >= 4 is 23.8 Å². The van der Waals surface area contributed by atoms with Crippen molar-refractivity contribution < 1.29 is 23.8 Å². The highest BCUT2D eigenvalue weighted by Gasteiger charge is 2.26. The summed E-state index contributed by atoms with van der Waals surface area (Å²) in [5.41, 5.74) is 3.56. The van der Waals surface area contributed by atoms with E-state index < -0.39 is 18.2 Å². The molecule has 0 spiro atoms. The first-order valence-corrected chi connectivity index (χ1v) is 11.5. The molecular formula is C27H28FN3O4. The number of rotatable bonds is 6. The summed E-state index contributed by atoms with van der Waals surface area (Å²) in [5.74, 6) is -0.186. The molecule has 0 saturated carbocycles. The van der Waals surface area contributed by atoms with E-state index in [9.17, 15) is 19.1 Å². The Bertz CT molecular complexity index is 1260. The molecule has 182 valence electrons. The highest BCUT2D eigenvalue weighted by Crippen LogP contribution is 2.36. The molecular weight excluding hydrogens is 449 g/mol. The second-order valence-electron chi connectivity index (χ2n) is 8.92. The minimum absolute atomic E-state index is 0.0116. The fraction of sp³-hybridized carbons (Fsp3) is 0.296. The zero-order chi connectivity index (χ0) is 25.1. The summed E-state index contributed by atoms with van der Waals surface area (Å²) in [6.07, 6.45) is 2.51. The SMILES string of the molecule is CC(=O)Nc1cccc(-c2nc(C(C)C)n(C=CC3CC(O)CC(=O)O3)c2-c2ccc(F)cc2)c1. The summed E-state index contributed by atoms with van der Waals surface area (Å²) >= 11 is 0. The molecule has 0 aliphatic carbocycles. The van der Waals surface area contributed by atoms with Gasteiger partial charge in [0.05, 0.1) is 23.9 Å². The Morgan fingerprint density at radius 2 is 1.97 bits per heavy atom. The van der Waals surface area contributed by atoms with Crippen molar-refractivity contribution in [3.63, 3.8) is 0 Å². The minimum Gasteiger partial charge on any atom is -0.458 e. The quantitative estimate of drug-likeness (QED) is 0.489. The van der Waals surface area contributed by atoms with Gasteiger partial charge in [-0.3, -0.25) is 9.59 Å². The van der Waals surface area contributed by atoms with Gasteiger partial charge in [-0.1, -0.05) is 26.0 Å². The Labute approximate surface area is 203 Å². The first-order valence-electron chi connectivity index (χ1n) is 11.5. The number of anilines is 1. The molecule has 1 amide bonds. The van der Waals surface area contributed by atoms with Crippen LogP contribution in [0.1, 0.15) is 45.4 Å². The molecule has 2 unspecified atom stereocenters. The van der Waals surface area contributed by atoms with Crippen molar-refractivity contribution in [2.45, 2.75) is 51.7 Å². The number of cyclic esters (lactones) is 1.